The third-order valence-corrected chi connectivity index (χ3v) is 9.72. The maximum Gasteiger partial charge on any atom is 0.163 e. The lowest BCUT2D eigenvalue weighted by molar-refractivity contribution is -0.173. The third-order valence-electron chi connectivity index (χ3n) is 9.72. The molecule has 1 heterocycles. The number of fused-ring (bicyclic) bond motifs is 8. The van der Waals surface area contributed by atoms with Crippen molar-refractivity contribution in [2.75, 3.05) is 0 Å². The highest BCUT2D eigenvalue weighted by molar-refractivity contribution is 5.25. The first-order chi connectivity index (χ1) is 13.7. The standard InChI is InChI=1S/C24H35N3O2/c1-6-14-7-8-16-19-17(10-12-23(14,16)4)24(5)11-9-15(26-27-25)13-18(24)20-21(19)29-22(2,3)28-20/h15-21H,1,7-13H2,2-5H3/t15-,16?,17?,18?,19?,20+,21+,23+,24+/m0/s1. The Labute approximate surface area is 174 Å². The number of hydrogen-bond acceptors (Lipinski definition) is 3. The Hall–Kier alpha value is -1.25. The number of hydrogen-bond donors (Lipinski definition) is 0. The largest absolute Gasteiger partial charge is 0.344 e. The van der Waals surface area contributed by atoms with Crippen molar-refractivity contribution in [1.82, 2.24) is 0 Å². The van der Waals surface area contributed by atoms with Crippen molar-refractivity contribution in [1.29, 1.82) is 0 Å². The van der Waals surface area contributed by atoms with Gasteiger partial charge in [0.05, 0.1) is 12.2 Å². The summed E-state index contributed by atoms with van der Waals surface area (Å²) in [6.45, 7) is 13.1. The average molecular weight is 398 g/mol. The van der Waals surface area contributed by atoms with Crippen LogP contribution in [0.15, 0.2) is 23.0 Å². The molecule has 29 heavy (non-hydrogen) atoms. The third kappa shape index (κ3) is 2.64. The minimum Gasteiger partial charge on any atom is -0.344 e. The highest BCUT2D eigenvalue weighted by Gasteiger charge is 2.67. The van der Waals surface area contributed by atoms with Crippen molar-refractivity contribution in [3.05, 3.63) is 28.3 Å². The Balaban J connectivity index is 1.58. The van der Waals surface area contributed by atoms with Crippen LogP contribution in [0.4, 0.5) is 0 Å². The van der Waals surface area contributed by atoms with Crippen molar-refractivity contribution in [3.8, 4) is 0 Å². The minimum atomic E-state index is -0.542. The lowest BCUT2D eigenvalue weighted by Gasteiger charge is -2.63. The second-order valence-electron chi connectivity index (χ2n) is 11.3. The van der Waals surface area contributed by atoms with Gasteiger partial charge in [-0.05, 0) is 104 Å². The maximum atomic E-state index is 9.01. The van der Waals surface area contributed by atoms with Gasteiger partial charge in [0.1, 0.15) is 0 Å². The average Bonchev–Trinajstić information content (AvgIpc) is 3.18. The molecule has 0 aromatic carbocycles. The predicted octanol–water partition coefficient (Wildman–Crippen LogP) is 6.16. The fraction of sp³-hybridized carbons (Fsp3) is 0.875. The summed E-state index contributed by atoms with van der Waals surface area (Å²) in [6, 6.07) is 0.0956. The summed E-state index contributed by atoms with van der Waals surface area (Å²) >= 11 is 0. The molecule has 1 saturated heterocycles. The molecule has 5 heteroatoms. The van der Waals surface area contributed by atoms with Crippen LogP contribution in [0.3, 0.4) is 0 Å². The van der Waals surface area contributed by atoms with Crippen molar-refractivity contribution >= 4 is 0 Å². The van der Waals surface area contributed by atoms with Gasteiger partial charge in [-0.25, -0.2) is 0 Å². The number of allylic oxidation sites excluding steroid dienone is 1. The lowest BCUT2D eigenvalue weighted by Crippen LogP contribution is -2.63. The van der Waals surface area contributed by atoms with Crippen LogP contribution in [0.2, 0.25) is 0 Å². The molecule has 0 spiro atoms. The van der Waals surface area contributed by atoms with Crippen LogP contribution < -0.4 is 0 Å². The highest BCUT2D eigenvalue weighted by Crippen LogP contribution is 2.69. The quantitative estimate of drug-likeness (QED) is 0.230. The van der Waals surface area contributed by atoms with E-state index in [9.17, 15) is 0 Å². The van der Waals surface area contributed by atoms with E-state index >= 15 is 0 Å². The molecule has 0 aromatic rings. The normalized spacial score (nSPS) is 52.4. The molecule has 4 aliphatic carbocycles. The number of nitrogens with zero attached hydrogens (tertiary/aromatic N) is 3. The Morgan fingerprint density at radius 2 is 1.79 bits per heavy atom. The summed E-state index contributed by atoms with van der Waals surface area (Å²) in [6.07, 6.45) is 8.16. The number of ether oxygens (including phenoxy) is 2. The van der Waals surface area contributed by atoms with Gasteiger partial charge in [0.2, 0.25) is 0 Å². The highest BCUT2D eigenvalue weighted by atomic mass is 16.8. The zero-order chi connectivity index (χ0) is 20.6. The topological polar surface area (TPSA) is 67.2 Å². The summed E-state index contributed by atoms with van der Waals surface area (Å²) in [7, 11) is 0. The zero-order valence-corrected chi connectivity index (χ0v) is 18.4. The Morgan fingerprint density at radius 1 is 1.03 bits per heavy atom. The Kier molecular flexibility index (Phi) is 4.33. The fourth-order valence-electron chi connectivity index (χ4n) is 8.44. The molecular weight excluding hydrogens is 362 g/mol. The second kappa shape index (κ2) is 6.37. The maximum absolute atomic E-state index is 9.01. The smallest absolute Gasteiger partial charge is 0.163 e. The van der Waals surface area contributed by atoms with E-state index < -0.39 is 5.79 Å². The predicted molar refractivity (Wildman–Crippen MR) is 112 cm³/mol. The molecule has 1 aliphatic heterocycles. The molecule has 5 rings (SSSR count). The minimum absolute atomic E-state index is 0.0956. The van der Waals surface area contributed by atoms with E-state index in [-0.39, 0.29) is 29.1 Å². The first-order valence-corrected chi connectivity index (χ1v) is 11.5. The first kappa shape index (κ1) is 19.7. The van der Waals surface area contributed by atoms with Crippen LogP contribution in [-0.2, 0) is 9.47 Å². The molecular formula is C24H35N3O2. The number of rotatable bonds is 1. The van der Waals surface area contributed by atoms with Crippen molar-refractivity contribution in [2.45, 2.75) is 96.7 Å². The van der Waals surface area contributed by atoms with E-state index in [1.54, 1.807) is 0 Å². The summed E-state index contributed by atoms with van der Waals surface area (Å²) < 4.78 is 13.3. The molecule has 0 radical (unpaired) electrons. The van der Waals surface area contributed by atoms with E-state index in [0.29, 0.717) is 23.7 Å². The summed E-state index contributed by atoms with van der Waals surface area (Å²) in [5, 5.41) is 4.11. The summed E-state index contributed by atoms with van der Waals surface area (Å²) in [5.74, 6) is 1.67. The first-order valence-electron chi connectivity index (χ1n) is 11.5. The van der Waals surface area contributed by atoms with Gasteiger partial charge in [0.15, 0.2) is 5.79 Å². The van der Waals surface area contributed by atoms with Crippen LogP contribution in [0.1, 0.15) is 72.6 Å². The molecule has 158 valence electrons. The van der Waals surface area contributed by atoms with E-state index in [1.807, 2.05) is 0 Å². The Morgan fingerprint density at radius 3 is 2.52 bits per heavy atom. The van der Waals surface area contributed by atoms with Gasteiger partial charge in [-0.1, -0.05) is 25.5 Å². The van der Waals surface area contributed by atoms with Gasteiger partial charge in [-0.15, -0.1) is 5.73 Å². The fourth-order valence-corrected chi connectivity index (χ4v) is 8.44. The van der Waals surface area contributed by atoms with Gasteiger partial charge in [-0.3, -0.25) is 0 Å². The van der Waals surface area contributed by atoms with Crippen molar-refractivity contribution < 1.29 is 9.47 Å². The van der Waals surface area contributed by atoms with Crippen LogP contribution in [0.5, 0.6) is 0 Å². The molecule has 5 nitrogen and oxygen atoms in total. The SMILES string of the molecule is C=C=C1CCC2C3C(CC[C@]12C)[C@@]1(C)CC[C@H](N=[N+]=[N-])CC1[C@H]1OC(C)(C)O[C@H]31. The summed E-state index contributed by atoms with van der Waals surface area (Å²) in [5.41, 5.74) is 14.2. The van der Waals surface area contributed by atoms with Crippen LogP contribution in [0.25, 0.3) is 10.4 Å². The molecule has 4 unspecified atom stereocenters. The molecule has 4 saturated carbocycles. The van der Waals surface area contributed by atoms with Gasteiger partial charge >= 0.3 is 0 Å². The lowest BCUT2D eigenvalue weighted by atomic mass is 9.43. The second-order valence-corrected chi connectivity index (χ2v) is 11.3. The molecule has 0 aromatic heterocycles. The van der Waals surface area contributed by atoms with Gasteiger partial charge in [-0.2, -0.15) is 0 Å². The zero-order valence-electron chi connectivity index (χ0n) is 18.4. The monoisotopic (exact) mass is 397 g/mol. The van der Waals surface area contributed by atoms with Crippen molar-refractivity contribution in [2.24, 2.45) is 39.6 Å². The van der Waals surface area contributed by atoms with E-state index in [1.165, 1.54) is 24.8 Å². The molecule has 0 bridgehead atoms. The van der Waals surface area contributed by atoms with Crippen LogP contribution >= 0.6 is 0 Å². The van der Waals surface area contributed by atoms with Gasteiger partial charge in [0, 0.05) is 11.0 Å². The number of azide groups is 1. The molecule has 5 aliphatic rings. The van der Waals surface area contributed by atoms with Gasteiger partial charge in [0.25, 0.3) is 0 Å². The van der Waals surface area contributed by atoms with Gasteiger partial charge < -0.3 is 9.47 Å². The van der Waals surface area contributed by atoms with Crippen LogP contribution in [-0.4, -0.2) is 24.0 Å². The molecule has 0 amide bonds. The van der Waals surface area contributed by atoms with Crippen LogP contribution in [0, 0.1) is 34.5 Å². The Bertz CT molecular complexity index is 811. The molecule has 5 fully saturated rings. The molecule has 9 atom stereocenters. The van der Waals surface area contributed by atoms with E-state index in [0.717, 1.165) is 25.7 Å². The summed E-state index contributed by atoms with van der Waals surface area (Å²) in [4.78, 5) is 3.12. The molecule has 0 N–H and O–H groups in total. The van der Waals surface area contributed by atoms with E-state index in [2.05, 4.69) is 50.0 Å². The van der Waals surface area contributed by atoms with Crippen molar-refractivity contribution in [3.63, 3.8) is 0 Å². The van der Waals surface area contributed by atoms with E-state index in [4.69, 9.17) is 15.0 Å².